The Kier molecular flexibility index (Phi) is 4.31. The lowest BCUT2D eigenvalue weighted by molar-refractivity contribution is 0.482. The van der Waals surface area contributed by atoms with E-state index in [1.165, 1.54) is 37.8 Å². The standard InChI is InChI=1S/C13H16BrClFN/c1-8(9-4-2-3-5-9)17-13-11(14)6-10(16)7-12(13)15/h6-9,17H,2-5H2,1H3. The Hall–Kier alpha value is -0.280. The van der Waals surface area contributed by atoms with Gasteiger partial charge in [0.15, 0.2) is 0 Å². The first kappa shape index (κ1) is 13.2. The molecule has 1 aliphatic rings. The summed E-state index contributed by atoms with van der Waals surface area (Å²) in [4.78, 5) is 0. The van der Waals surface area contributed by atoms with Crippen LogP contribution < -0.4 is 5.32 Å². The van der Waals surface area contributed by atoms with E-state index in [1.54, 1.807) is 0 Å². The second kappa shape index (κ2) is 5.57. The van der Waals surface area contributed by atoms with Crippen LogP contribution in [0.4, 0.5) is 10.1 Å². The van der Waals surface area contributed by atoms with Gasteiger partial charge in [-0.1, -0.05) is 24.4 Å². The Bertz CT molecular complexity index is 381. The first-order valence-corrected chi connectivity index (χ1v) is 7.16. The molecule has 0 aromatic heterocycles. The summed E-state index contributed by atoms with van der Waals surface area (Å²) < 4.78 is 13.8. The number of nitrogens with one attached hydrogen (secondary N) is 1. The normalized spacial score (nSPS) is 18.4. The Labute approximate surface area is 115 Å². The minimum absolute atomic E-state index is 0.319. The number of halogens is 3. The molecule has 1 N–H and O–H groups in total. The van der Waals surface area contributed by atoms with Crippen LogP contribution in [0.5, 0.6) is 0 Å². The topological polar surface area (TPSA) is 12.0 Å². The third kappa shape index (κ3) is 3.14. The summed E-state index contributed by atoms with van der Waals surface area (Å²) in [7, 11) is 0. The maximum Gasteiger partial charge on any atom is 0.125 e. The number of rotatable bonds is 3. The highest BCUT2D eigenvalue weighted by Crippen LogP contribution is 2.35. The van der Waals surface area contributed by atoms with Crippen molar-refractivity contribution in [2.75, 3.05) is 5.32 Å². The van der Waals surface area contributed by atoms with E-state index in [0.29, 0.717) is 21.5 Å². The van der Waals surface area contributed by atoms with Gasteiger partial charge in [-0.15, -0.1) is 0 Å². The van der Waals surface area contributed by atoms with Gasteiger partial charge in [0.25, 0.3) is 0 Å². The molecular formula is C13H16BrClFN. The molecular weight excluding hydrogens is 305 g/mol. The molecule has 1 saturated carbocycles. The van der Waals surface area contributed by atoms with E-state index in [2.05, 4.69) is 28.2 Å². The zero-order chi connectivity index (χ0) is 12.4. The van der Waals surface area contributed by atoms with Crippen molar-refractivity contribution < 1.29 is 4.39 Å². The van der Waals surface area contributed by atoms with Crippen LogP contribution >= 0.6 is 27.5 Å². The molecule has 0 aliphatic heterocycles. The zero-order valence-corrected chi connectivity index (χ0v) is 12.1. The van der Waals surface area contributed by atoms with Gasteiger partial charge in [0.05, 0.1) is 10.7 Å². The van der Waals surface area contributed by atoms with E-state index in [0.717, 1.165) is 5.69 Å². The zero-order valence-electron chi connectivity index (χ0n) is 9.77. The van der Waals surface area contributed by atoms with E-state index >= 15 is 0 Å². The molecule has 1 unspecified atom stereocenters. The van der Waals surface area contributed by atoms with Gasteiger partial charge >= 0.3 is 0 Å². The molecule has 1 aromatic rings. The predicted octanol–water partition coefficient (Wildman–Crippen LogP) is 5.23. The molecule has 1 atom stereocenters. The van der Waals surface area contributed by atoms with Crippen LogP contribution in [0.1, 0.15) is 32.6 Å². The van der Waals surface area contributed by atoms with Gasteiger partial charge in [-0.3, -0.25) is 0 Å². The number of anilines is 1. The third-order valence-electron chi connectivity index (χ3n) is 3.49. The highest BCUT2D eigenvalue weighted by atomic mass is 79.9. The van der Waals surface area contributed by atoms with Gasteiger partial charge < -0.3 is 5.32 Å². The van der Waals surface area contributed by atoms with E-state index < -0.39 is 0 Å². The molecule has 94 valence electrons. The Morgan fingerprint density at radius 1 is 1.41 bits per heavy atom. The Morgan fingerprint density at radius 3 is 2.65 bits per heavy atom. The third-order valence-corrected chi connectivity index (χ3v) is 4.41. The fraction of sp³-hybridized carbons (Fsp3) is 0.538. The van der Waals surface area contributed by atoms with E-state index in [-0.39, 0.29) is 5.82 Å². The van der Waals surface area contributed by atoms with Gasteiger partial charge in [0, 0.05) is 10.5 Å². The van der Waals surface area contributed by atoms with Crippen molar-refractivity contribution in [3.63, 3.8) is 0 Å². The highest BCUT2D eigenvalue weighted by molar-refractivity contribution is 9.10. The summed E-state index contributed by atoms with van der Waals surface area (Å²) >= 11 is 9.40. The second-order valence-electron chi connectivity index (χ2n) is 4.72. The fourth-order valence-electron chi connectivity index (χ4n) is 2.48. The lowest BCUT2D eigenvalue weighted by atomic mass is 9.99. The first-order chi connectivity index (χ1) is 8.08. The molecule has 0 heterocycles. The molecule has 1 aliphatic carbocycles. The van der Waals surface area contributed by atoms with E-state index in [9.17, 15) is 4.39 Å². The largest absolute Gasteiger partial charge is 0.380 e. The maximum absolute atomic E-state index is 13.1. The van der Waals surface area contributed by atoms with Crippen molar-refractivity contribution >= 4 is 33.2 Å². The van der Waals surface area contributed by atoms with Crippen LogP contribution in [0.25, 0.3) is 0 Å². The van der Waals surface area contributed by atoms with E-state index in [1.807, 2.05) is 0 Å². The highest BCUT2D eigenvalue weighted by Gasteiger charge is 2.22. The van der Waals surface area contributed by atoms with E-state index in [4.69, 9.17) is 11.6 Å². The van der Waals surface area contributed by atoms with Crippen LogP contribution in [0.2, 0.25) is 5.02 Å². The van der Waals surface area contributed by atoms with Crippen LogP contribution in [0.3, 0.4) is 0 Å². The summed E-state index contributed by atoms with van der Waals surface area (Å²) in [6.07, 6.45) is 5.17. The van der Waals surface area contributed by atoms with Crippen molar-refractivity contribution in [3.05, 3.63) is 27.4 Å². The lowest BCUT2D eigenvalue weighted by Gasteiger charge is -2.23. The van der Waals surface area contributed by atoms with Crippen LogP contribution in [-0.4, -0.2) is 6.04 Å². The molecule has 0 saturated heterocycles. The van der Waals surface area contributed by atoms with Crippen molar-refractivity contribution in [2.24, 2.45) is 5.92 Å². The van der Waals surface area contributed by atoms with Gasteiger partial charge in [0.2, 0.25) is 0 Å². The summed E-state index contributed by atoms with van der Waals surface area (Å²) in [6.45, 7) is 2.17. The second-order valence-corrected chi connectivity index (χ2v) is 5.98. The molecule has 1 nitrogen and oxygen atoms in total. The van der Waals surface area contributed by atoms with Crippen LogP contribution in [0, 0.1) is 11.7 Å². The quantitative estimate of drug-likeness (QED) is 0.804. The van der Waals surface area contributed by atoms with Gasteiger partial charge in [-0.2, -0.15) is 0 Å². The number of hydrogen-bond donors (Lipinski definition) is 1. The van der Waals surface area contributed by atoms with Gasteiger partial charge in [-0.25, -0.2) is 4.39 Å². The summed E-state index contributed by atoms with van der Waals surface area (Å²) in [5, 5.41) is 3.83. The maximum atomic E-state index is 13.1. The predicted molar refractivity (Wildman–Crippen MR) is 74.2 cm³/mol. The van der Waals surface area contributed by atoms with Gasteiger partial charge in [0.1, 0.15) is 5.82 Å². The summed E-state index contributed by atoms with van der Waals surface area (Å²) in [5.41, 5.74) is 0.799. The Morgan fingerprint density at radius 2 is 2.06 bits per heavy atom. The average molecular weight is 321 g/mol. The monoisotopic (exact) mass is 319 g/mol. The van der Waals surface area contributed by atoms with Crippen molar-refractivity contribution in [1.29, 1.82) is 0 Å². The molecule has 1 aromatic carbocycles. The lowest BCUT2D eigenvalue weighted by Crippen LogP contribution is -2.24. The van der Waals surface area contributed by atoms with Crippen LogP contribution in [0.15, 0.2) is 16.6 Å². The summed E-state index contributed by atoms with van der Waals surface area (Å²) in [5.74, 6) is 0.379. The molecule has 4 heteroatoms. The van der Waals surface area contributed by atoms with Crippen molar-refractivity contribution in [1.82, 2.24) is 0 Å². The smallest absolute Gasteiger partial charge is 0.125 e. The minimum atomic E-state index is -0.319. The number of hydrogen-bond acceptors (Lipinski definition) is 1. The molecule has 17 heavy (non-hydrogen) atoms. The molecule has 0 radical (unpaired) electrons. The van der Waals surface area contributed by atoms with Crippen molar-refractivity contribution in [2.45, 2.75) is 38.6 Å². The average Bonchev–Trinajstić information content (AvgIpc) is 2.76. The minimum Gasteiger partial charge on any atom is -0.380 e. The molecule has 0 amide bonds. The van der Waals surface area contributed by atoms with Crippen molar-refractivity contribution in [3.8, 4) is 0 Å². The summed E-state index contributed by atoms with van der Waals surface area (Å²) in [6, 6.07) is 3.16. The molecule has 1 fully saturated rings. The molecule has 2 rings (SSSR count). The first-order valence-electron chi connectivity index (χ1n) is 5.99. The fourth-order valence-corrected chi connectivity index (χ4v) is 3.40. The molecule has 0 spiro atoms. The van der Waals surface area contributed by atoms with Crippen LogP contribution in [-0.2, 0) is 0 Å². The van der Waals surface area contributed by atoms with Gasteiger partial charge in [-0.05, 0) is 53.7 Å². The SMILES string of the molecule is CC(Nc1c(Cl)cc(F)cc1Br)C1CCCC1. The number of benzene rings is 1. The molecule has 0 bridgehead atoms. The Balaban J connectivity index is 2.12.